The molecule has 0 spiro atoms. The van der Waals surface area contributed by atoms with Gasteiger partial charge in [0, 0.05) is 46.3 Å². The number of hydrogen-bond donors (Lipinski definition) is 0. The van der Waals surface area contributed by atoms with Crippen LogP contribution in [0.3, 0.4) is 0 Å². The number of nitrogens with zero attached hydrogens (tertiary/aromatic N) is 4. The fraction of sp³-hybridized carbons (Fsp3) is 0.559. The molecule has 16 bridgehead atoms. The zero-order valence-electron chi connectivity index (χ0n) is 37.5. The molecule has 0 N–H and O–H groups in total. The molecule has 2 aromatic carbocycles. The fourth-order valence-electron chi connectivity index (χ4n) is 26.9. The van der Waals surface area contributed by atoms with E-state index < -0.39 is 21.7 Å². The van der Waals surface area contributed by atoms with E-state index in [0.29, 0.717) is 94.8 Å². The second kappa shape index (κ2) is 9.29. The molecule has 6 aromatic rings. The van der Waals surface area contributed by atoms with Crippen molar-refractivity contribution in [3.05, 3.63) is 95.6 Å². The summed E-state index contributed by atoms with van der Waals surface area (Å²) >= 11 is 0. The van der Waals surface area contributed by atoms with Gasteiger partial charge in [-0.1, -0.05) is 24.3 Å². The number of Topliss-reactive ketones (excluding diaryl/α,β-unsaturated/α-hetero) is 2. The van der Waals surface area contributed by atoms with E-state index in [9.17, 15) is 0 Å². The maximum Gasteiger partial charge on any atom is 0.153 e. The van der Waals surface area contributed by atoms with Gasteiger partial charge < -0.3 is 4.74 Å². The molecule has 6 heterocycles. The summed E-state index contributed by atoms with van der Waals surface area (Å²) in [4.78, 5) is 50.7. The molecule has 2 unspecified atom stereocenters. The van der Waals surface area contributed by atoms with Gasteiger partial charge in [-0.25, -0.2) is 0 Å². The topological polar surface area (TPSA) is 94.9 Å². The highest BCUT2D eigenvalue weighted by Crippen LogP contribution is 2.95. The number of hydrogen-bond acceptors (Lipinski definition) is 7. The Balaban J connectivity index is 0.667. The van der Waals surface area contributed by atoms with Gasteiger partial charge >= 0.3 is 0 Å². The van der Waals surface area contributed by atoms with Gasteiger partial charge in [-0.2, -0.15) is 0 Å². The van der Waals surface area contributed by atoms with Crippen LogP contribution in [0.1, 0.15) is 56.4 Å². The summed E-state index contributed by atoms with van der Waals surface area (Å²) in [5.41, 5.74) is 7.24. The lowest BCUT2D eigenvalue weighted by Crippen LogP contribution is -2.64. The first-order valence-corrected chi connectivity index (χ1v) is 26.3. The first-order chi connectivity index (χ1) is 32.2. The van der Waals surface area contributed by atoms with Crippen molar-refractivity contribution in [1.82, 2.24) is 19.9 Å². The van der Waals surface area contributed by atoms with Crippen LogP contribution in [-0.4, -0.2) is 43.7 Å². The number of ether oxygens (including phenoxy) is 1. The van der Waals surface area contributed by atoms with Crippen LogP contribution in [0.15, 0.2) is 73.3 Å². The summed E-state index contributed by atoms with van der Waals surface area (Å²) in [6.07, 6.45) is 9.85. The first-order valence-electron chi connectivity index (χ1n) is 26.3. The van der Waals surface area contributed by atoms with Crippen molar-refractivity contribution in [1.29, 1.82) is 0 Å². The fourth-order valence-corrected chi connectivity index (χ4v) is 26.9. The van der Waals surface area contributed by atoms with Gasteiger partial charge in [0.2, 0.25) is 0 Å². The summed E-state index contributed by atoms with van der Waals surface area (Å²) in [6.45, 7) is 9.54. The number of carbonyl (C=O) groups excluding carboxylic acids is 2. The Morgan fingerprint density at radius 1 is 0.394 bits per heavy atom. The van der Waals surface area contributed by atoms with Crippen molar-refractivity contribution >= 4 is 55.2 Å². The van der Waals surface area contributed by atoms with Gasteiger partial charge in [0.1, 0.15) is 0 Å². The van der Waals surface area contributed by atoms with Crippen LogP contribution in [0.2, 0.25) is 0 Å². The van der Waals surface area contributed by atoms with E-state index in [0.717, 1.165) is 92.0 Å². The minimum absolute atomic E-state index is 0.416. The third-order valence-corrected chi connectivity index (χ3v) is 26.7. The second-order valence-corrected chi connectivity index (χ2v) is 26.5. The molecule has 324 valence electrons. The van der Waals surface area contributed by atoms with E-state index in [1.54, 1.807) is 0 Å². The van der Waals surface area contributed by atoms with Crippen LogP contribution in [0.25, 0.3) is 43.6 Å². The molecule has 0 radical (unpaired) electrons. The molecule has 12 saturated carbocycles. The highest BCUT2D eigenvalue weighted by atomic mass is 16.5. The quantitative estimate of drug-likeness (QED) is 0.0858. The maximum atomic E-state index is 15.5. The number of benzene rings is 2. The van der Waals surface area contributed by atoms with Crippen molar-refractivity contribution < 1.29 is 14.3 Å². The molecule has 16 aliphatic rings. The molecule has 2 saturated heterocycles. The summed E-state index contributed by atoms with van der Waals surface area (Å²) in [5, 5.41) is 4.68. The predicted octanol–water partition coefficient (Wildman–Crippen LogP) is 8.65. The van der Waals surface area contributed by atoms with Gasteiger partial charge in [-0.05, 0) is 211 Å². The highest BCUT2D eigenvalue weighted by Gasteiger charge is 2.95. The first kappa shape index (κ1) is 33.8. The maximum absolute atomic E-state index is 15.5. The molecule has 2 aliphatic heterocycles. The Bertz CT molecular complexity index is 3370. The minimum Gasteiger partial charge on any atom is -0.374 e. The molecule has 14 aliphatic carbocycles. The van der Waals surface area contributed by atoms with Crippen molar-refractivity contribution in [2.75, 3.05) is 0 Å². The molecule has 22 rings (SSSR count). The van der Waals surface area contributed by atoms with Crippen molar-refractivity contribution in [2.24, 2.45) is 130 Å². The van der Waals surface area contributed by atoms with E-state index in [2.05, 4.69) is 76.2 Å². The van der Waals surface area contributed by atoms with Gasteiger partial charge in [0.25, 0.3) is 0 Å². The van der Waals surface area contributed by atoms with Crippen LogP contribution >= 0.6 is 0 Å². The predicted molar refractivity (Wildman–Crippen MR) is 244 cm³/mol. The molecule has 0 amide bonds. The van der Waals surface area contributed by atoms with Gasteiger partial charge in [0.05, 0.1) is 55.9 Å². The van der Waals surface area contributed by atoms with Gasteiger partial charge in [-0.15, -0.1) is 0 Å². The molecule has 66 heavy (non-hydrogen) atoms. The Morgan fingerprint density at radius 2 is 0.682 bits per heavy atom. The average molecular weight is 863 g/mol. The molecule has 4 aromatic heterocycles. The van der Waals surface area contributed by atoms with Crippen LogP contribution in [0, 0.1) is 130 Å². The smallest absolute Gasteiger partial charge is 0.153 e. The Labute approximate surface area is 381 Å². The second-order valence-electron chi connectivity index (χ2n) is 26.5. The Kier molecular flexibility index (Phi) is 4.76. The van der Waals surface area contributed by atoms with Gasteiger partial charge in [-0.3, -0.25) is 29.5 Å². The number of pyridine rings is 4. The third kappa shape index (κ3) is 2.59. The van der Waals surface area contributed by atoms with Crippen molar-refractivity contribution in [3.8, 4) is 0 Å². The van der Waals surface area contributed by atoms with E-state index in [1.807, 2.05) is 24.8 Å². The minimum atomic E-state index is -0.479. The third-order valence-electron chi connectivity index (χ3n) is 26.7. The van der Waals surface area contributed by atoms with Crippen LogP contribution in [-0.2, 0) is 36.0 Å². The molecule has 7 heteroatoms. The largest absolute Gasteiger partial charge is 0.374 e. The lowest BCUT2D eigenvalue weighted by Gasteiger charge is -2.65. The molecule has 14 fully saturated rings. The number of rotatable bonds is 0. The monoisotopic (exact) mass is 862 g/mol. The summed E-state index contributed by atoms with van der Waals surface area (Å²) in [5.74, 6) is 16.4. The van der Waals surface area contributed by atoms with Crippen molar-refractivity contribution in [3.63, 3.8) is 0 Å². The molecular formula is C59H50N4O3. The van der Waals surface area contributed by atoms with E-state index in [1.165, 1.54) is 39.4 Å². The highest BCUT2D eigenvalue weighted by molar-refractivity contribution is 6.20. The normalized spacial score (nSPS) is 58.2. The summed E-state index contributed by atoms with van der Waals surface area (Å²) in [7, 11) is 0. The van der Waals surface area contributed by atoms with Crippen LogP contribution < -0.4 is 0 Å². The van der Waals surface area contributed by atoms with E-state index in [4.69, 9.17) is 24.7 Å². The van der Waals surface area contributed by atoms with Gasteiger partial charge in [0.15, 0.2) is 11.6 Å². The lowest BCUT2D eigenvalue weighted by molar-refractivity contribution is -0.156. The number of aromatic nitrogens is 4. The van der Waals surface area contributed by atoms with Crippen LogP contribution in [0.5, 0.6) is 0 Å². The number of fused-ring (bicyclic) bond motifs is 46. The zero-order chi connectivity index (χ0) is 42.7. The van der Waals surface area contributed by atoms with E-state index >= 15 is 9.59 Å². The zero-order valence-corrected chi connectivity index (χ0v) is 37.5. The molecule has 7 nitrogen and oxygen atoms in total. The number of ketones is 2. The van der Waals surface area contributed by atoms with Crippen LogP contribution in [0.4, 0.5) is 0 Å². The Morgan fingerprint density at radius 3 is 1.02 bits per heavy atom. The van der Waals surface area contributed by atoms with E-state index in [-0.39, 0.29) is 0 Å². The summed E-state index contributed by atoms with van der Waals surface area (Å²) in [6, 6.07) is 17.3. The average Bonchev–Trinajstić information content (AvgIpc) is 4.22. The summed E-state index contributed by atoms with van der Waals surface area (Å²) < 4.78 is 7.63. The standard InChI is InChI=1S/C59H50N4O3/c1-56-40-18-9-5-13-60-48(18)49-19(10-6-14-61-49)41(40)57(2,54(56)64)45-25-23-17-22(24(25)44(45)56)26-27(23)53-39-35-30-29-32-28(31(35)34(29)38(39)52(26)66-53)33(30)37-36(32)46-47(37)59(4)43-21-12-8-16-63-51(21)50-20(11-7-15-62-50)42(43)58(46,3)55(59)65/h5-16,22-39,44-47,52-53H,17H2,1-4H3/t22-,23+,24+,25-,26-,27+,28?,29-,30+,31?,32-,33+,34-,35+,36-,37+,38+,39-,44+,45-,46+,47-,52-,53+,56+,57-,58-,59+. The molecule has 28 atom stereocenters. The molecular weight excluding hydrogens is 813 g/mol. The van der Waals surface area contributed by atoms with Crippen molar-refractivity contribution in [2.45, 2.75) is 68.0 Å². The lowest BCUT2D eigenvalue weighted by atomic mass is 9.38. The SMILES string of the molecule is C[C@]12C(=O)[C@](C)(c3c1c1cccnc1c1ncccc31)[C@H]1[C@@H]3[C@@H]4C5C6[C@@H]7[C@H]([C@H]5[C@@H]3[C@H]12)[C@H]4[C@H]6[C@@H]1[C@@H]2O[C@@H]([C@H]3[C@H]4C[C@@H]([C@@H]23)[C@H]2[C@@H]4[C@@H]3[C@H]2[C@@]2(C)C(=O)[C@]3(C)c3c2c2cccnc2c2ncccc32)[C@H]71. The Hall–Kier alpha value is -4.62. The number of carbonyl (C=O) groups is 2.